The Morgan fingerprint density at radius 3 is 2.54 bits per heavy atom. The maximum atomic E-state index is 5.91. The smallest absolute Gasteiger partial charge is 0.223 e. The van der Waals surface area contributed by atoms with Gasteiger partial charge in [0.25, 0.3) is 0 Å². The van der Waals surface area contributed by atoms with Crippen LogP contribution >= 0.6 is 11.6 Å². The molecule has 0 radical (unpaired) electrons. The first-order chi connectivity index (χ1) is 12.6. The molecule has 0 aliphatic carbocycles. The highest BCUT2D eigenvalue weighted by atomic mass is 35.5. The van der Waals surface area contributed by atoms with Crippen LogP contribution in [0.1, 0.15) is 44.9 Å². The number of hydrogen-bond acceptors (Lipinski definition) is 4. The SMILES string of the molecule is CCN(CC)CCC[C@H](C)Nc1nccc(/C=C\c2ccc(Cl)cc2)n1. The lowest BCUT2D eigenvalue weighted by atomic mass is 10.2. The van der Waals surface area contributed by atoms with Gasteiger partial charge in [-0.2, -0.15) is 0 Å². The number of benzene rings is 1. The Morgan fingerprint density at radius 1 is 1.12 bits per heavy atom. The Labute approximate surface area is 162 Å². The second-order valence-corrected chi connectivity index (χ2v) is 6.84. The molecule has 0 aliphatic rings. The quantitative estimate of drug-likeness (QED) is 0.620. The third-order valence-corrected chi connectivity index (χ3v) is 4.63. The summed E-state index contributed by atoms with van der Waals surface area (Å²) in [5.74, 6) is 0.679. The summed E-state index contributed by atoms with van der Waals surface area (Å²) in [6, 6.07) is 9.99. The van der Waals surface area contributed by atoms with Crippen LogP contribution in [0.15, 0.2) is 36.5 Å². The lowest BCUT2D eigenvalue weighted by Crippen LogP contribution is -2.26. The topological polar surface area (TPSA) is 41.0 Å². The van der Waals surface area contributed by atoms with Gasteiger partial charge in [0, 0.05) is 17.3 Å². The third-order valence-electron chi connectivity index (χ3n) is 4.38. The van der Waals surface area contributed by atoms with E-state index in [0.717, 1.165) is 42.3 Å². The minimum absolute atomic E-state index is 0.348. The summed E-state index contributed by atoms with van der Waals surface area (Å²) in [5.41, 5.74) is 1.97. The van der Waals surface area contributed by atoms with E-state index in [1.807, 2.05) is 42.5 Å². The Bertz CT molecular complexity index is 681. The van der Waals surface area contributed by atoms with Crippen molar-refractivity contribution in [2.24, 2.45) is 0 Å². The van der Waals surface area contributed by atoms with E-state index in [0.29, 0.717) is 12.0 Å². The molecule has 26 heavy (non-hydrogen) atoms. The Hall–Kier alpha value is -1.91. The van der Waals surface area contributed by atoms with Gasteiger partial charge in [-0.1, -0.05) is 43.7 Å². The van der Waals surface area contributed by atoms with Gasteiger partial charge in [0.1, 0.15) is 0 Å². The van der Waals surface area contributed by atoms with E-state index < -0.39 is 0 Å². The zero-order chi connectivity index (χ0) is 18.8. The summed E-state index contributed by atoms with van der Waals surface area (Å²) < 4.78 is 0. The fraction of sp³-hybridized carbons (Fsp3) is 0.429. The van der Waals surface area contributed by atoms with E-state index >= 15 is 0 Å². The molecule has 4 nitrogen and oxygen atoms in total. The molecule has 0 saturated carbocycles. The first kappa shape index (κ1) is 20.4. The van der Waals surface area contributed by atoms with Crippen LogP contribution in [0.5, 0.6) is 0 Å². The van der Waals surface area contributed by atoms with E-state index in [1.165, 1.54) is 6.42 Å². The number of halogens is 1. The highest BCUT2D eigenvalue weighted by Crippen LogP contribution is 2.13. The van der Waals surface area contributed by atoms with Gasteiger partial charge in [-0.3, -0.25) is 0 Å². The number of aromatic nitrogens is 2. The van der Waals surface area contributed by atoms with Gasteiger partial charge in [-0.05, 0) is 69.2 Å². The zero-order valence-corrected chi connectivity index (χ0v) is 16.7. The van der Waals surface area contributed by atoms with Crippen molar-refractivity contribution in [3.63, 3.8) is 0 Å². The molecule has 1 heterocycles. The van der Waals surface area contributed by atoms with Gasteiger partial charge in [0.2, 0.25) is 5.95 Å². The molecule has 140 valence electrons. The maximum Gasteiger partial charge on any atom is 0.223 e. The van der Waals surface area contributed by atoms with Crippen molar-refractivity contribution in [3.8, 4) is 0 Å². The van der Waals surface area contributed by atoms with Gasteiger partial charge < -0.3 is 10.2 Å². The van der Waals surface area contributed by atoms with Gasteiger partial charge in [0.15, 0.2) is 0 Å². The largest absolute Gasteiger partial charge is 0.352 e. The van der Waals surface area contributed by atoms with Gasteiger partial charge in [-0.15, -0.1) is 0 Å². The predicted octanol–water partition coefficient (Wildman–Crippen LogP) is 5.22. The Morgan fingerprint density at radius 2 is 1.85 bits per heavy atom. The minimum atomic E-state index is 0.348. The summed E-state index contributed by atoms with van der Waals surface area (Å²) in [4.78, 5) is 11.4. The molecule has 0 saturated heterocycles. The van der Waals surface area contributed by atoms with Crippen LogP contribution in [-0.4, -0.2) is 40.5 Å². The summed E-state index contributed by atoms with van der Waals surface area (Å²) in [6.07, 6.45) is 8.08. The molecule has 5 heteroatoms. The number of hydrogen-bond donors (Lipinski definition) is 1. The summed E-state index contributed by atoms with van der Waals surface area (Å²) >= 11 is 5.91. The zero-order valence-electron chi connectivity index (χ0n) is 16.0. The van der Waals surface area contributed by atoms with Crippen molar-refractivity contribution in [1.82, 2.24) is 14.9 Å². The van der Waals surface area contributed by atoms with Crippen LogP contribution < -0.4 is 5.32 Å². The minimum Gasteiger partial charge on any atom is -0.352 e. The molecule has 0 spiro atoms. The Kier molecular flexibility index (Phi) is 8.59. The maximum absolute atomic E-state index is 5.91. The number of anilines is 1. The monoisotopic (exact) mass is 372 g/mol. The van der Waals surface area contributed by atoms with Crippen LogP contribution in [0, 0.1) is 0 Å². The first-order valence-corrected chi connectivity index (χ1v) is 9.74. The number of rotatable bonds is 10. The van der Waals surface area contributed by atoms with Crippen molar-refractivity contribution < 1.29 is 0 Å². The standard InChI is InChI=1S/C21H29ClN4/c1-4-26(5-2)16-6-7-17(3)24-21-23-15-14-20(25-21)13-10-18-8-11-19(22)12-9-18/h8-15,17H,4-7,16H2,1-3H3,(H,23,24,25)/b13-10-/t17-/m0/s1. The number of nitrogens with one attached hydrogen (secondary N) is 1. The van der Waals surface area contributed by atoms with Gasteiger partial charge in [0.05, 0.1) is 5.69 Å². The van der Waals surface area contributed by atoms with Crippen LogP contribution in [0.3, 0.4) is 0 Å². The first-order valence-electron chi connectivity index (χ1n) is 9.36. The van der Waals surface area contributed by atoms with Crippen molar-refractivity contribution >= 4 is 29.7 Å². The summed E-state index contributed by atoms with van der Waals surface area (Å²) in [7, 11) is 0. The molecule has 1 aromatic carbocycles. The van der Waals surface area contributed by atoms with Crippen molar-refractivity contribution in [1.29, 1.82) is 0 Å². The molecule has 2 rings (SSSR count). The van der Waals surface area contributed by atoms with Crippen molar-refractivity contribution in [2.45, 2.75) is 39.7 Å². The molecule has 0 aliphatic heterocycles. The highest BCUT2D eigenvalue weighted by molar-refractivity contribution is 6.30. The fourth-order valence-electron chi connectivity index (χ4n) is 2.74. The van der Waals surface area contributed by atoms with Gasteiger partial charge >= 0.3 is 0 Å². The van der Waals surface area contributed by atoms with E-state index in [-0.39, 0.29) is 0 Å². The summed E-state index contributed by atoms with van der Waals surface area (Å²) in [5, 5.41) is 4.15. The molecule has 2 aromatic rings. The fourth-order valence-corrected chi connectivity index (χ4v) is 2.87. The van der Waals surface area contributed by atoms with E-state index in [4.69, 9.17) is 11.6 Å². The van der Waals surface area contributed by atoms with E-state index in [2.05, 4.69) is 41.0 Å². The second kappa shape index (κ2) is 10.9. The van der Waals surface area contributed by atoms with E-state index in [1.54, 1.807) is 6.20 Å². The van der Waals surface area contributed by atoms with Crippen molar-refractivity contribution in [2.75, 3.05) is 25.0 Å². The molecule has 0 amide bonds. The third kappa shape index (κ3) is 7.14. The van der Waals surface area contributed by atoms with Gasteiger partial charge in [-0.25, -0.2) is 9.97 Å². The van der Waals surface area contributed by atoms with Crippen LogP contribution in [0.2, 0.25) is 5.02 Å². The second-order valence-electron chi connectivity index (χ2n) is 6.40. The number of nitrogens with zero attached hydrogens (tertiary/aromatic N) is 3. The van der Waals surface area contributed by atoms with E-state index in [9.17, 15) is 0 Å². The molecule has 0 unspecified atom stereocenters. The van der Waals surface area contributed by atoms with Crippen molar-refractivity contribution in [3.05, 3.63) is 52.8 Å². The molecule has 0 fully saturated rings. The predicted molar refractivity (Wildman–Crippen MR) is 113 cm³/mol. The highest BCUT2D eigenvalue weighted by Gasteiger charge is 2.06. The van der Waals surface area contributed by atoms with Crippen LogP contribution in [-0.2, 0) is 0 Å². The lowest BCUT2D eigenvalue weighted by Gasteiger charge is -2.19. The molecule has 1 atom stereocenters. The Balaban J connectivity index is 1.86. The summed E-state index contributed by atoms with van der Waals surface area (Å²) in [6.45, 7) is 9.97. The average Bonchev–Trinajstić information content (AvgIpc) is 2.65. The lowest BCUT2D eigenvalue weighted by molar-refractivity contribution is 0.295. The normalized spacial score (nSPS) is 12.7. The van der Waals surface area contributed by atoms with Crippen LogP contribution in [0.4, 0.5) is 5.95 Å². The average molecular weight is 373 g/mol. The molecule has 1 aromatic heterocycles. The molecular weight excluding hydrogens is 344 g/mol. The van der Waals surface area contributed by atoms with Crippen LogP contribution in [0.25, 0.3) is 12.2 Å². The molecule has 1 N–H and O–H groups in total. The molecule has 0 bridgehead atoms. The molecular formula is C21H29ClN4.